The average molecular weight is 291 g/mol. The van der Waals surface area contributed by atoms with Crippen molar-refractivity contribution >= 4 is 11.9 Å². The summed E-state index contributed by atoms with van der Waals surface area (Å²) in [7, 11) is 0. The molecule has 1 aliphatic rings. The van der Waals surface area contributed by atoms with Crippen LogP contribution in [0.5, 0.6) is 0 Å². The van der Waals surface area contributed by atoms with Crippen molar-refractivity contribution in [1.29, 1.82) is 0 Å². The first-order valence-corrected chi connectivity index (χ1v) is 7.48. The van der Waals surface area contributed by atoms with E-state index in [0.29, 0.717) is 12.5 Å². The zero-order valence-corrected chi connectivity index (χ0v) is 13.3. The molecule has 0 saturated carbocycles. The minimum Gasteiger partial charge on any atom is -0.444 e. The Labute approximate surface area is 126 Å². The molecule has 1 N–H and O–H groups in total. The van der Waals surface area contributed by atoms with Crippen LogP contribution in [0.15, 0.2) is 18.3 Å². The summed E-state index contributed by atoms with van der Waals surface area (Å²) in [5, 5.41) is 2.86. The normalized spacial score (nSPS) is 18.7. The lowest BCUT2D eigenvalue weighted by Crippen LogP contribution is -2.36. The van der Waals surface area contributed by atoms with E-state index in [1.165, 1.54) is 5.56 Å². The molecule has 0 aromatic carbocycles. The van der Waals surface area contributed by atoms with Crippen LogP contribution in [-0.4, -0.2) is 36.3 Å². The van der Waals surface area contributed by atoms with Crippen molar-refractivity contribution in [2.24, 2.45) is 5.92 Å². The van der Waals surface area contributed by atoms with Crippen molar-refractivity contribution in [3.8, 4) is 0 Å². The third kappa shape index (κ3) is 4.92. The van der Waals surface area contributed by atoms with E-state index in [-0.39, 0.29) is 6.09 Å². The molecule has 0 radical (unpaired) electrons. The number of alkyl carbamates (subject to hydrolysis) is 1. The Balaban J connectivity index is 1.79. The Kier molecular flexibility index (Phi) is 4.70. The van der Waals surface area contributed by atoms with Crippen LogP contribution in [-0.2, 0) is 4.74 Å². The first-order valence-electron chi connectivity index (χ1n) is 7.48. The summed E-state index contributed by atoms with van der Waals surface area (Å²) in [6, 6.07) is 4.10. The van der Waals surface area contributed by atoms with Gasteiger partial charge in [0.25, 0.3) is 0 Å². The highest BCUT2D eigenvalue weighted by Gasteiger charge is 2.24. The third-order valence-electron chi connectivity index (χ3n) is 3.44. The summed E-state index contributed by atoms with van der Waals surface area (Å²) in [6.07, 6.45) is 2.57. The van der Waals surface area contributed by atoms with Crippen molar-refractivity contribution < 1.29 is 9.53 Å². The van der Waals surface area contributed by atoms with Crippen LogP contribution in [0.1, 0.15) is 32.8 Å². The molecule has 1 aromatic rings. The number of rotatable bonds is 3. The molecule has 5 nitrogen and oxygen atoms in total. The van der Waals surface area contributed by atoms with Gasteiger partial charge in [0.15, 0.2) is 0 Å². The molecule has 0 spiro atoms. The molecule has 1 aliphatic heterocycles. The first-order chi connectivity index (χ1) is 9.83. The summed E-state index contributed by atoms with van der Waals surface area (Å²) in [6.45, 7) is 10.2. The second kappa shape index (κ2) is 6.33. The molecule has 1 fully saturated rings. The molecule has 21 heavy (non-hydrogen) atoms. The number of hydrogen-bond acceptors (Lipinski definition) is 4. The second-order valence-corrected chi connectivity index (χ2v) is 6.67. The fraction of sp³-hybridized carbons (Fsp3) is 0.625. The lowest BCUT2D eigenvalue weighted by atomic mass is 10.1. The molecule has 1 aromatic heterocycles. The predicted molar refractivity (Wildman–Crippen MR) is 83.5 cm³/mol. The first kappa shape index (κ1) is 15.6. The monoisotopic (exact) mass is 291 g/mol. The Morgan fingerprint density at radius 3 is 2.95 bits per heavy atom. The molecule has 5 heteroatoms. The van der Waals surface area contributed by atoms with Crippen molar-refractivity contribution in [3.63, 3.8) is 0 Å². The summed E-state index contributed by atoms with van der Waals surface area (Å²) in [5.74, 6) is 1.47. The standard InChI is InChI=1S/C16H25N3O2/c1-12-5-7-17-14(9-12)19-8-6-13(11-19)10-18-15(20)21-16(2,3)4/h5,7,9,13H,6,8,10-11H2,1-4H3,(H,18,20). The average Bonchev–Trinajstić information content (AvgIpc) is 2.83. The minimum atomic E-state index is -0.447. The third-order valence-corrected chi connectivity index (χ3v) is 3.44. The number of amides is 1. The maximum absolute atomic E-state index is 11.7. The highest BCUT2D eigenvalue weighted by atomic mass is 16.6. The number of hydrogen-bond donors (Lipinski definition) is 1. The molecule has 2 heterocycles. The molecule has 0 aliphatic carbocycles. The van der Waals surface area contributed by atoms with Crippen molar-refractivity contribution in [2.45, 2.75) is 39.7 Å². The van der Waals surface area contributed by atoms with E-state index in [4.69, 9.17) is 4.74 Å². The number of carbonyl (C=O) groups is 1. The van der Waals surface area contributed by atoms with Crippen molar-refractivity contribution in [2.75, 3.05) is 24.5 Å². The molecule has 1 atom stereocenters. The molecular formula is C16H25N3O2. The van der Waals surface area contributed by atoms with E-state index in [1.807, 2.05) is 33.0 Å². The minimum absolute atomic E-state index is 0.338. The van der Waals surface area contributed by atoms with E-state index in [2.05, 4.69) is 28.2 Å². The Morgan fingerprint density at radius 2 is 2.29 bits per heavy atom. The van der Waals surface area contributed by atoms with Crippen LogP contribution in [0.4, 0.5) is 10.6 Å². The van der Waals surface area contributed by atoms with Crippen LogP contribution in [0.25, 0.3) is 0 Å². The van der Waals surface area contributed by atoms with Crippen molar-refractivity contribution in [1.82, 2.24) is 10.3 Å². The molecule has 2 rings (SSSR count). The number of anilines is 1. The van der Waals surface area contributed by atoms with E-state index in [1.54, 1.807) is 0 Å². The van der Waals surface area contributed by atoms with E-state index in [9.17, 15) is 4.79 Å². The molecule has 1 amide bonds. The van der Waals surface area contributed by atoms with Gasteiger partial charge in [-0.3, -0.25) is 0 Å². The quantitative estimate of drug-likeness (QED) is 0.930. The van der Waals surface area contributed by atoms with Crippen LogP contribution in [0.3, 0.4) is 0 Å². The van der Waals surface area contributed by atoms with Gasteiger partial charge in [0.1, 0.15) is 11.4 Å². The molecule has 0 bridgehead atoms. The number of ether oxygens (including phenoxy) is 1. The lowest BCUT2D eigenvalue weighted by Gasteiger charge is -2.21. The summed E-state index contributed by atoms with van der Waals surface area (Å²) in [4.78, 5) is 18.3. The fourth-order valence-electron chi connectivity index (χ4n) is 2.44. The van der Waals surface area contributed by atoms with Gasteiger partial charge in [0, 0.05) is 25.8 Å². The van der Waals surface area contributed by atoms with Gasteiger partial charge in [-0.15, -0.1) is 0 Å². The topological polar surface area (TPSA) is 54.5 Å². The fourth-order valence-corrected chi connectivity index (χ4v) is 2.44. The number of carbonyl (C=O) groups excluding carboxylic acids is 1. The maximum atomic E-state index is 11.7. The van der Waals surface area contributed by atoms with Gasteiger partial charge in [0.2, 0.25) is 0 Å². The van der Waals surface area contributed by atoms with Gasteiger partial charge in [-0.05, 0) is 57.7 Å². The summed E-state index contributed by atoms with van der Waals surface area (Å²) < 4.78 is 5.25. The Bertz CT molecular complexity index is 497. The largest absolute Gasteiger partial charge is 0.444 e. The van der Waals surface area contributed by atoms with Crippen LogP contribution < -0.4 is 10.2 Å². The zero-order valence-electron chi connectivity index (χ0n) is 13.3. The van der Waals surface area contributed by atoms with Crippen LogP contribution >= 0.6 is 0 Å². The van der Waals surface area contributed by atoms with Crippen molar-refractivity contribution in [3.05, 3.63) is 23.9 Å². The number of nitrogens with one attached hydrogen (secondary N) is 1. The number of nitrogens with zero attached hydrogens (tertiary/aromatic N) is 2. The summed E-state index contributed by atoms with van der Waals surface area (Å²) >= 11 is 0. The SMILES string of the molecule is Cc1ccnc(N2CCC(CNC(=O)OC(C)(C)C)C2)c1. The van der Waals surface area contributed by atoms with Crippen LogP contribution in [0.2, 0.25) is 0 Å². The van der Waals surface area contributed by atoms with Gasteiger partial charge in [0.05, 0.1) is 0 Å². The Hall–Kier alpha value is -1.78. The van der Waals surface area contributed by atoms with E-state index >= 15 is 0 Å². The predicted octanol–water partition coefficient (Wildman–Crippen LogP) is 2.74. The Morgan fingerprint density at radius 1 is 1.52 bits per heavy atom. The van der Waals surface area contributed by atoms with Gasteiger partial charge in [-0.2, -0.15) is 0 Å². The van der Waals surface area contributed by atoms with Gasteiger partial charge < -0.3 is 15.0 Å². The summed E-state index contributed by atoms with van der Waals surface area (Å²) in [5.41, 5.74) is 0.771. The van der Waals surface area contributed by atoms with Gasteiger partial charge in [-0.25, -0.2) is 9.78 Å². The van der Waals surface area contributed by atoms with Gasteiger partial charge in [-0.1, -0.05) is 0 Å². The lowest BCUT2D eigenvalue weighted by molar-refractivity contribution is 0.0520. The van der Waals surface area contributed by atoms with E-state index in [0.717, 1.165) is 25.3 Å². The second-order valence-electron chi connectivity index (χ2n) is 6.67. The number of pyridine rings is 1. The zero-order chi connectivity index (χ0) is 15.5. The highest BCUT2D eigenvalue weighted by molar-refractivity contribution is 5.67. The molecule has 116 valence electrons. The van der Waals surface area contributed by atoms with E-state index < -0.39 is 5.60 Å². The molecular weight excluding hydrogens is 266 g/mol. The molecule has 1 unspecified atom stereocenters. The number of aryl methyl sites for hydroxylation is 1. The van der Waals surface area contributed by atoms with Crippen LogP contribution in [0, 0.1) is 12.8 Å². The number of aromatic nitrogens is 1. The smallest absolute Gasteiger partial charge is 0.407 e. The molecule has 1 saturated heterocycles. The highest BCUT2D eigenvalue weighted by Crippen LogP contribution is 2.22. The van der Waals surface area contributed by atoms with Gasteiger partial charge >= 0.3 is 6.09 Å². The maximum Gasteiger partial charge on any atom is 0.407 e.